The van der Waals surface area contributed by atoms with Crippen molar-refractivity contribution in [1.29, 1.82) is 0 Å². The van der Waals surface area contributed by atoms with Crippen LogP contribution in [0.15, 0.2) is 72.8 Å². The summed E-state index contributed by atoms with van der Waals surface area (Å²) in [5.41, 5.74) is 2.32. The summed E-state index contributed by atoms with van der Waals surface area (Å²) in [6, 6.07) is 20.9. The summed E-state index contributed by atoms with van der Waals surface area (Å²) in [7, 11) is 1.54. The SMILES string of the molecule is COc1ccccc1NC(=O)c1ccc(C(=O)NCc2ccccc2Cl)cc1. The number of nitrogens with one attached hydrogen (secondary N) is 2. The fourth-order valence-corrected chi connectivity index (χ4v) is 2.84. The van der Waals surface area contributed by atoms with Crippen LogP contribution in [0.2, 0.25) is 5.02 Å². The molecule has 5 nitrogen and oxygen atoms in total. The van der Waals surface area contributed by atoms with Crippen LogP contribution in [0, 0.1) is 0 Å². The number of halogens is 1. The number of carbonyl (C=O) groups is 2. The van der Waals surface area contributed by atoms with Crippen LogP contribution in [-0.2, 0) is 6.54 Å². The predicted octanol–water partition coefficient (Wildman–Crippen LogP) is 4.53. The van der Waals surface area contributed by atoms with Gasteiger partial charge in [-0.25, -0.2) is 0 Å². The van der Waals surface area contributed by atoms with Gasteiger partial charge in [-0.1, -0.05) is 41.9 Å². The summed E-state index contributed by atoms with van der Waals surface area (Å²) in [6.45, 7) is 0.328. The number of hydrogen-bond acceptors (Lipinski definition) is 3. The highest BCUT2D eigenvalue weighted by Crippen LogP contribution is 2.23. The van der Waals surface area contributed by atoms with Gasteiger partial charge in [0.1, 0.15) is 5.75 Å². The number of hydrogen-bond donors (Lipinski definition) is 2. The normalized spacial score (nSPS) is 10.2. The summed E-state index contributed by atoms with van der Waals surface area (Å²) in [5, 5.41) is 6.22. The maximum Gasteiger partial charge on any atom is 0.255 e. The maximum atomic E-state index is 12.4. The van der Waals surface area contributed by atoms with E-state index in [0.717, 1.165) is 5.56 Å². The topological polar surface area (TPSA) is 67.4 Å². The third-order valence-electron chi connectivity index (χ3n) is 4.16. The second-order valence-electron chi connectivity index (χ2n) is 6.01. The third-order valence-corrected chi connectivity index (χ3v) is 4.53. The van der Waals surface area contributed by atoms with E-state index < -0.39 is 0 Å². The van der Waals surface area contributed by atoms with Gasteiger partial charge in [0.25, 0.3) is 11.8 Å². The first-order chi connectivity index (χ1) is 13.6. The van der Waals surface area contributed by atoms with Crippen molar-refractivity contribution in [2.75, 3.05) is 12.4 Å². The van der Waals surface area contributed by atoms with Crippen LogP contribution in [0.25, 0.3) is 0 Å². The standard InChI is InChI=1S/C22H19ClN2O3/c1-28-20-9-5-4-8-19(20)25-22(27)16-12-10-15(11-13-16)21(26)24-14-17-6-2-3-7-18(17)23/h2-13H,14H2,1H3,(H,24,26)(H,25,27). The quantitative estimate of drug-likeness (QED) is 0.645. The van der Waals surface area contributed by atoms with Gasteiger partial charge in [-0.2, -0.15) is 0 Å². The van der Waals surface area contributed by atoms with Gasteiger partial charge in [0.05, 0.1) is 12.8 Å². The first-order valence-corrected chi connectivity index (χ1v) is 9.02. The lowest BCUT2D eigenvalue weighted by molar-refractivity contribution is 0.0949. The van der Waals surface area contributed by atoms with Gasteiger partial charge in [-0.3, -0.25) is 9.59 Å². The fraction of sp³-hybridized carbons (Fsp3) is 0.0909. The second-order valence-corrected chi connectivity index (χ2v) is 6.41. The molecule has 0 atom stereocenters. The Bertz CT molecular complexity index is 987. The van der Waals surface area contributed by atoms with Crippen molar-refractivity contribution in [3.05, 3.63) is 94.5 Å². The van der Waals surface area contributed by atoms with E-state index in [4.69, 9.17) is 16.3 Å². The molecule has 0 radical (unpaired) electrons. The molecule has 0 saturated carbocycles. The zero-order valence-electron chi connectivity index (χ0n) is 15.2. The van der Waals surface area contributed by atoms with Gasteiger partial charge in [0.2, 0.25) is 0 Å². The lowest BCUT2D eigenvalue weighted by Gasteiger charge is -2.10. The number of rotatable bonds is 6. The zero-order chi connectivity index (χ0) is 19.9. The Labute approximate surface area is 168 Å². The molecule has 0 unspecified atom stereocenters. The molecule has 2 amide bonds. The van der Waals surface area contributed by atoms with Crippen LogP contribution in [0.3, 0.4) is 0 Å². The number of anilines is 1. The zero-order valence-corrected chi connectivity index (χ0v) is 16.0. The highest BCUT2D eigenvalue weighted by atomic mass is 35.5. The highest BCUT2D eigenvalue weighted by molar-refractivity contribution is 6.31. The Morgan fingerprint density at radius 2 is 1.46 bits per heavy atom. The number of benzene rings is 3. The molecule has 6 heteroatoms. The Hall–Kier alpha value is -3.31. The van der Waals surface area contributed by atoms with Crippen molar-refractivity contribution < 1.29 is 14.3 Å². The lowest BCUT2D eigenvalue weighted by atomic mass is 10.1. The van der Waals surface area contributed by atoms with E-state index in [1.807, 2.05) is 30.3 Å². The Kier molecular flexibility index (Phi) is 6.29. The molecule has 0 aliphatic rings. The molecule has 0 aromatic heterocycles. The van der Waals surface area contributed by atoms with Crippen molar-refractivity contribution in [2.45, 2.75) is 6.54 Å². The Morgan fingerprint density at radius 3 is 2.14 bits per heavy atom. The van der Waals surface area contributed by atoms with Crippen LogP contribution >= 0.6 is 11.6 Å². The molecule has 0 fully saturated rings. The lowest BCUT2D eigenvalue weighted by Crippen LogP contribution is -2.23. The first kappa shape index (κ1) is 19.5. The summed E-state index contributed by atoms with van der Waals surface area (Å²) in [4.78, 5) is 24.7. The molecule has 3 aromatic carbocycles. The average molecular weight is 395 g/mol. The number of ether oxygens (including phenoxy) is 1. The highest BCUT2D eigenvalue weighted by Gasteiger charge is 2.11. The molecule has 0 aliphatic carbocycles. The summed E-state index contributed by atoms with van der Waals surface area (Å²) >= 11 is 6.09. The molecular formula is C22H19ClN2O3. The third kappa shape index (κ3) is 4.69. The van der Waals surface area contributed by atoms with E-state index in [1.54, 1.807) is 49.6 Å². The van der Waals surface area contributed by atoms with Gasteiger partial charge >= 0.3 is 0 Å². The van der Waals surface area contributed by atoms with E-state index in [-0.39, 0.29) is 11.8 Å². The largest absolute Gasteiger partial charge is 0.495 e. The van der Waals surface area contributed by atoms with E-state index in [1.165, 1.54) is 0 Å². The Morgan fingerprint density at radius 1 is 0.857 bits per heavy atom. The molecule has 28 heavy (non-hydrogen) atoms. The average Bonchev–Trinajstić information content (AvgIpc) is 2.73. The molecule has 142 valence electrons. The molecular weight excluding hydrogens is 376 g/mol. The number of carbonyl (C=O) groups excluding carboxylic acids is 2. The van der Waals surface area contributed by atoms with Gasteiger partial charge < -0.3 is 15.4 Å². The molecule has 3 aromatic rings. The number of para-hydroxylation sites is 2. The molecule has 2 N–H and O–H groups in total. The van der Waals surface area contributed by atoms with Gasteiger partial charge in [0.15, 0.2) is 0 Å². The van der Waals surface area contributed by atoms with Crippen molar-refractivity contribution in [3.8, 4) is 5.75 Å². The van der Waals surface area contributed by atoms with E-state index in [9.17, 15) is 9.59 Å². The van der Waals surface area contributed by atoms with Gasteiger partial charge in [-0.05, 0) is 48.0 Å². The summed E-state index contributed by atoms with van der Waals surface area (Å²) < 4.78 is 5.23. The molecule has 3 rings (SSSR count). The van der Waals surface area contributed by atoms with Crippen molar-refractivity contribution in [3.63, 3.8) is 0 Å². The van der Waals surface area contributed by atoms with E-state index >= 15 is 0 Å². The maximum absolute atomic E-state index is 12.4. The van der Waals surface area contributed by atoms with Crippen molar-refractivity contribution >= 4 is 29.1 Å². The molecule has 0 saturated heterocycles. The van der Waals surface area contributed by atoms with Crippen molar-refractivity contribution in [1.82, 2.24) is 5.32 Å². The monoisotopic (exact) mass is 394 g/mol. The second kappa shape index (κ2) is 9.06. The van der Waals surface area contributed by atoms with Crippen molar-refractivity contribution in [2.24, 2.45) is 0 Å². The van der Waals surface area contributed by atoms with Gasteiger partial charge in [0, 0.05) is 22.7 Å². The van der Waals surface area contributed by atoms with Crippen LogP contribution < -0.4 is 15.4 Å². The van der Waals surface area contributed by atoms with E-state index in [2.05, 4.69) is 10.6 Å². The first-order valence-electron chi connectivity index (χ1n) is 8.64. The smallest absolute Gasteiger partial charge is 0.255 e. The van der Waals surface area contributed by atoms with E-state index in [0.29, 0.717) is 34.1 Å². The summed E-state index contributed by atoms with van der Waals surface area (Å²) in [5.74, 6) is 0.0514. The van der Waals surface area contributed by atoms with Crippen LogP contribution in [0.4, 0.5) is 5.69 Å². The van der Waals surface area contributed by atoms with Crippen LogP contribution in [-0.4, -0.2) is 18.9 Å². The summed E-state index contributed by atoms with van der Waals surface area (Å²) in [6.07, 6.45) is 0. The fourth-order valence-electron chi connectivity index (χ4n) is 2.63. The predicted molar refractivity (Wildman–Crippen MR) is 110 cm³/mol. The molecule has 0 heterocycles. The molecule has 0 bridgehead atoms. The van der Waals surface area contributed by atoms with Crippen LogP contribution in [0.1, 0.15) is 26.3 Å². The number of amides is 2. The minimum atomic E-state index is -0.285. The Balaban J connectivity index is 1.63. The van der Waals surface area contributed by atoms with Gasteiger partial charge in [-0.15, -0.1) is 0 Å². The number of methoxy groups -OCH3 is 1. The minimum Gasteiger partial charge on any atom is -0.495 e. The molecule has 0 aliphatic heterocycles. The van der Waals surface area contributed by atoms with Crippen LogP contribution in [0.5, 0.6) is 5.75 Å². The minimum absolute atomic E-state index is 0.239. The molecule has 0 spiro atoms.